The number of benzene rings is 1. The summed E-state index contributed by atoms with van der Waals surface area (Å²) in [6.45, 7) is 4.80. The monoisotopic (exact) mass is 369 g/mol. The Hall–Kier alpha value is -2.50. The van der Waals surface area contributed by atoms with E-state index in [0.29, 0.717) is 12.6 Å². The van der Waals surface area contributed by atoms with Crippen molar-refractivity contribution < 1.29 is 14.3 Å². The van der Waals surface area contributed by atoms with Gasteiger partial charge in [0, 0.05) is 28.9 Å². The molecule has 0 saturated heterocycles. The number of rotatable bonds is 5. The molecule has 4 rings (SSSR count). The standard InChI is InChI=1S/C21H27N3O3/c1-4-11-27-20-17(15-12-22-23(13-15)16-6-7-16)9-10-19-18(20)8-5-14(2)24(19)21(25)26-3/h9-10,12-14,16H,4-8,11H2,1-3H3/t14-/m0/s1. The number of carbonyl (C=O) groups excluding carboxylic acids is 1. The van der Waals surface area contributed by atoms with Crippen molar-refractivity contribution in [3.8, 4) is 16.9 Å². The van der Waals surface area contributed by atoms with Crippen molar-refractivity contribution in [1.82, 2.24) is 9.78 Å². The maximum absolute atomic E-state index is 12.4. The number of amides is 1. The maximum Gasteiger partial charge on any atom is 0.414 e. The van der Waals surface area contributed by atoms with Crippen molar-refractivity contribution >= 4 is 11.8 Å². The van der Waals surface area contributed by atoms with Crippen molar-refractivity contribution in [2.75, 3.05) is 18.6 Å². The fourth-order valence-corrected chi connectivity index (χ4v) is 3.79. The molecule has 0 bridgehead atoms. The van der Waals surface area contributed by atoms with Crippen molar-refractivity contribution in [2.45, 2.75) is 58.0 Å². The number of fused-ring (bicyclic) bond motifs is 1. The minimum atomic E-state index is -0.320. The molecule has 0 spiro atoms. The molecule has 1 aromatic heterocycles. The van der Waals surface area contributed by atoms with Gasteiger partial charge in [-0.25, -0.2) is 4.79 Å². The van der Waals surface area contributed by atoms with Crippen LogP contribution in [0.4, 0.5) is 10.5 Å². The van der Waals surface area contributed by atoms with Crippen LogP contribution in [0, 0.1) is 0 Å². The molecule has 0 unspecified atom stereocenters. The van der Waals surface area contributed by atoms with Gasteiger partial charge >= 0.3 is 6.09 Å². The predicted molar refractivity (Wildman–Crippen MR) is 104 cm³/mol. The smallest absolute Gasteiger partial charge is 0.414 e. The molecule has 6 nitrogen and oxygen atoms in total. The quantitative estimate of drug-likeness (QED) is 0.774. The zero-order valence-corrected chi connectivity index (χ0v) is 16.3. The molecular weight excluding hydrogens is 342 g/mol. The molecule has 1 aliphatic heterocycles. The Balaban J connectivity index is 1.79. The van der Waals surface area contributed by atoms with E-state index < -0.39 is 0 Å². The highest BCUT2D eigenvalue weighted by Gasteiger charge is 2.32. The van der Waals surface area contributed by atoms with E-state index in [9.17, 15) is 4.79 Å². The van der Waals surface area contributed by atoms with Crippen LogP contribution in [0.25, 0.3) is 11.1 Å². The molecule has 144 valence electrons. The molecule has 2 heterocycles. The number of nitrogens with zero attached hydrogens (tertiary/aromatic N) is 3. The molecule has 6 heteroatoms. The fourth-order valence-electron chi connectivity index (χ4n) is 3.79. The summed E-state index contributed by atoms with van der Waals surface area (Å²) in [4.78, 5) is 14.1. The van der Waals surface area contributed by atoms with Crippen molar-refractivity contribution in [3.05, 3.63) is 30.1 Å². The van der Waals surface area contributed by atoms with Gasteiger partial charge in [-0.3, -0.25) is 9.58 Å². The van der Waals surface area contributed by atoms with Crippen LogP contribution in [0.5, 0.6) is 5.75 Å². The molecule has 0 N–H and O–H groups in total. The molecule has 1 amide bonds. The minimum absolute atomic E-state index is 0.104. The Morgan fingerprint density at radius 3 is 2.81 bits per heavy atom. The molecule has 2 aliphatic rings. The second kappa shape index (κ2) is 7.25. The molecule has 1 fully saturated rings. The van der Waals surface area contributed by atoms with E-state index in [1.807, 2.05) is 18.3 Å². The van der Waals surface area contributed by atoms with Crippen LogP contribution in [0.2, 0.25) is 0 Å². The second-order valence-corrected chi connectivity index (χ2v) is 7.46. The van der Waals surface area contributed by atoms with E-state index in [1.165, 1.54) is 20.0 Å². The third kappa shape index (κ3) is 3.29. The van der Waals surface area contributed by atoms with Crippen molar-refractivity contribution in [1.29, 1.82) is 0 Å². The highest BCUT2D eigenvalue weighted by molar-refractivity contribution is 5.92. The van der Waals surface area contributed by atoms with Gasteiger partial charge in [-0.15, -0.1) is 0 Å². The Kier molecular flexibility index (Phi) is 4.81. The second-order valence-electron chi connectivity index (χ2n) is 7.46. The summed E-state index contributed by atoms with van der Waals surface area (Å²) >= 11 is 0. The van der Waals surface area contributed by atoms with Crippen LogP contribution in [0.15, 0.2) is 24.5 Å². The summed E-state index contributed by atoms with van der Waals surface area (Å²) in [5, 5.41) is 4.53. The van der Waals surface area contributed by atoms with Gasteiger partial charge in [0.05, 0.1) is 31.6 Å². The average Bonchev–Trinajstić information content (AvgIpc) is 3.42. The maximum atomic E-state index is 12.4. The van der Waals surface area contributed by atoms with Gasteiger partial charge in [-0.2, -0.15) is 5.10 Å². The highest BCUT2D eigenvalue weighted by Crippen LogP contribution is 2.44. The lowest BCUT2D eigenvalue weighted by molar-refractivity contribution is 0.175. The fraction of sp³-hybridized carbons (Fsp3) is 0.524. The minimum Gasteiger partial charge on any atom is -0.493 e. The first kappa shape index (κ1) is 17.9. The lowest BCUT2D eigenvalue weighted by Gasteiger charge is -2.35. The lowest BCUT2D eigenvalue weighted by Crippen LogP contribution is -2.42. The van der Waals surface area contributed by atoms with Crippen LogP contribution in [-0.2, 0) is 11.2 Å². The lowest BCUT2D eigenvalue weighted by atomic mass is 9.92. The first-order valence-electron chi connectivity index (χ1n) is 9.84. The van der Waals surface area contributed by atoms with Gasteiger partial charge in [0.1, 0.15) is 5.75 Å². The van der Waals surface area contributed by atoms with Gasteiger partial charge in [0.2, 0.25) is 0 Å². The summed E-state index contributed by atoms with van der Waals surface area (Å²) in [7, 11) is 1.43. The summed E-state index contributed by atoms with van der Waals surface area (Å²) in [5.74, 6) is 0.880. The number of hydrogen-bond donors (Lipinski definition) is 0. The number of ether oxygens (including phenoxy) is 2. The molecule has 27 heavy (non-hydrogen) atoms. The summed E-state index contributed by atoms with van der Waals surface area (Å²) in [5.41, 5.74) is 4.10. The topological polar surface area (TPSA) is 56.6 Å². The number of aromatic nitrogens is 2. The van der Waals surface area contributed by atoms with E-state index in [4.69, 9.17) is 9.47 Å². The SMILES string of the molecule is CCCOc1c(-c2cnn(C3CC3)c2)ccc2c1CC[C@H](C)N2C(=O)OC. The van der Waals surface area contributed by atoms with Gasteiger partial charge < -0.3 is 9.47 Å². The summed E-state index contributed by atoms with van der Waals surface area (Å²) in [6, 6.07) is 4.72. The molecular formula is C21H27N3O3. The molecule has 1 aromatic carbocycles. The average molecular weight is 369 g/mol. The number of hydrogen-bond acceptors (Lipinski definition) is 4. The van der Waals surface area contributed by atoms with Crippen LogP contribution >= 0.6 is 0 Å². The molecule has 0 radical (unpaired) electrons. The number of carbonyl (C=O) groups is 1. The number of anilines is 1. The van der Waals surface area contributed by atoms with Crippen molar-refractivity contribution in [3.63, 3.8) is 0 Å². The van der Waals surface area contributed by atoms with E-state index >= 15 is 0 Å². The molecule has 1 aliphatic carbocycles. The summed E-state index contributed by atoms with van der Waals surface area (Å²) in [6.07, 6.45) is 8.82. The third-order valence-corrected chi connectivity index (χ3v) is 5.40. The zero-order chi connectivity index (χ0) is 19.0. The number of methoxy groups -OCH3 is 1. The summed E-state index contributed by atoms with van der Waals surface area (Å²) < 4.78 is 13.3. The normalized spacial score (nSPS) is 18.9. The Morgan fingerprint density at radius 1 is 1.30 bits per heavy atom. The third-order valence-electron chi connectivity index (χ3n) is 5.40. The van der Waals surface area contributed by atoms with Gasteiger partial charge in [-0.05, 0) is 51.2 Å². The molecule has 1 saturated carbocycles. The van der Waals surface area contributed by atoms with E-state index in [0.717, 1.165) is 47.4 Å². The Morgan fingerprint density at radius 2 is 2.11 bits per heavy atom. The van der Waals surface area contributed by atoms with Gasteiger partial charge in [0.25, 0.3) is 0 Å². The highest BCUT2D eigenvalue weighted by atomic mass is 16.5. The molecule has 2 aromatic rings. The largest absolute Gasteiger partial charge is 0.493 e. The first-order chi connectivity index (χ1) is 13.1. The van der Waals surface area contributed by atoms with Crippen molar-refractivity contribution in [2.24, 2.45) is 0 Å². The van der Waals surface area contributed by atoms with E-state index in [2.05, 4.69) is 29.8 Å². The van der Waals surface area contributed by atoms with Crippen LogP contribution in [0.3, 0.4) is 0 Å². The Bertz CT molecular complexity index is 841. The van der Waals surface area contributed by atoms with E-state index in [-0.39, 0.29) is 12.1 Å². The Labute approximate surface area is 160 Å². The molecule has 1 atom stereocenters. The van der Waals surface area contributed by atoms with Crippen LogP contribution in [-0.4, -0.2) is 35.6 Å². The van der Waals surface area contributed by atoms with Crippen LogP contribution < -0.4 is 9.64 Å². The predicted octanol–water partition coefficient (Wildman–Crippen LogP) is 4.58. The van der Waals surface area contributed by atoms with Gasteiger partial charge in [0.15, 0.2) is 0 Å². The first-order valence-corrected chi connectivity index (χ1v) is 9.84. The van der Waals surface area contributed by atoms with Crippen LogP contribution in [0.1, 0.15) is 51.1 Å². The van der Waals surface area contributed by atoms with E-state index in [1.54, 1.807) is 4.90 Å². The van der Waals surface area contributed by atoms with Gasteiger partial charge in [-0.1, -0.05) is 6.92 Å². The zero-order valence-electron chi connectivity index (χ0n) is 16.3.